The van der Waals surface area contributed by atoms with E-state index in [0.29, 0.717) is 41.4 Å². The number of carbonyl (C=O) groups is 2. The summed E-state index contributed by atoms with van der Waals surface area (Å²) in [6.45, 7) is 3.25. The van der Waals surface area contributed by atoms with Crippen molar-refractivity contribution in [2.75, 3.05) is 18.4 Å². The second-order valence-corrected chi connectivity index (χ2v) is 9.20. The molecule has 2 heterocycles. The van der Waals surface area contributed by atoms with Gasteiger partial charge in [-0.05, 0) is 73.2 Å². The van der Waals surface area contributed by atoms with Gasteiger partial charge >= 0.3 is 0 Å². The number of anilines is 1. The quantitative estimate of drug-likeness (QED) is 0.412. The van der Waals surface area contributed by atoms with Crippen LogP contribution in [0.25, 0.3) is 10.9 Å². The first-order valence-corrected chi connectivity index (χ1v) is 12.1. The van der Waals surface area contributed by atoms with Gasteiger partial charge in [0.05, 0.1) is 22.7 Å². The lowest BCUT2D eigenvalue weighted by atomic mass is 9.89. The number of hydrogen-bond acceptors (Lipinski definition) is 4. The molecule has 6 nitrogen and oxygen atoms in total. The zero-order valence-electron chi connectivity index (χ0n) is 20.1. The van der Waals surface area contributed by atoms with Gasteiger partial charge in [0.15, 0.2) is 0 Å². The molecule has 0 unspecified atom stereocenters. The molecule has 0 bridgehead atoms. The topological polar surface area (TPSA) is 86.1 Å². The lowest BCUT2D eigenvalue weighted by Crippen LogP contribution is -2.38. The van der Waals surface area contributed by atoms with Crippen molar-refractivity contribution in [2.24, 2.45) is 0 Å². The third-order valence-electron chi connectivity index (χ3n) is 6.88. The monoisotopic (exact) mass is 474 g/mol. The molecule has 0 spiro atoms. The summed E-state index contributed by atoms with van der Waals surface area (Å²) in [6, 6.07) is 24.8. The average Bonchev–Trinajstić information content (AvgIpc) is 2.93. The number of amides is 2. The minimum atomic E-state index is -0.260. The number of pyridine rings is 1. The van der Waals surface area contributed by atoms with Gasteiger partial charge in [-0.2, -0.15) is 5.26 Å². The molecule has 0 aliphatic carbocycles. The highest BCUT2D eigenvalue weighted by molar-refractivity contribution is 6.07. The molecule has 4 aromatic rings. The van der Waals surface area contributed by atoms with Gasteiger partial charge in [0.2, 0.25) is 0 Å². The summed E-state index contributed by atoms with van der Waals surface area (Å²) in [4.78, 5) is 32.5. The van der Waals surface area contributed by atoms with Crippen molar-refractivity contribution in [2.45, 2.75) is 25.7 Å². The van der Waals surface area contributed by atoms with Gasteiger partial charge in [-0.3, -0.25) is 14.6 Å². The van der Waals surface area contributed by atoms with Crippen molar-refractivity contribution in [1.82, 2.24) is 9.88 Å². The summed E-state index contributed by atoms with van der Waals surface area (Å²) < 4.78 is 0. The number of nitrogens with one attached hydrogen (secondary N) is 1. The van der Waals surface area contributed by atoms with Crippen LogP contribution in [0, 0.1) is 18.3 Å². The lowest BCUT2D eigenvalue weighted by Gasteiger charge is -2.32. The maximum Gasteiger partial charge on any atom is 0.257 e. The maximum atomic E-state index is 13.3. The molecule has 0 atom stereocenters. The molecule has 1 fully saturated rings. The van der Waals surface area contributed by atoms with Crippen molar-refractivity contribution in [3.8, 4) is 6.07 Å². The summed E-state index contributed by atoms with van der Waals surface area (Å²) in [5.74, 6) is 0.0885. The van der Waals surface area contributed by atoms with Crippen molar-refractivity contribution >= 4 is 28.4 Å². The van der Waals surface area contributed by atoms with Crippen LogP contribution in [0.5, 0.6) is 0 Å². The average molecular weight is 475 g/mol. The number of para-hydroxylation sites is 1. The van der Waals surface area contributed by atoms with E-state index in [1.807, 2.05) is 78.6 Å². The fourth-order valence-electron chi connectivity index (χ4n) is 4.71. The van der Waals surface area contributed by atoms with Crippen LogP contribution in [-0.4, -0.2) is 34.8 Å². The Morgan fingerprint density at radius 2 is 1.72 bits per heavy atom. The van der Waals surface area contributed by atoms with Gasteiger partial charge < -0.3 is 10.2 Å². The molecular weight excluding hydrogens is 448 g/mol. The molecule has 6 heteroatoms. The maximum absolute atomic E-state index is 13.3. The highest BCUT2D eigenvalue weighted by atomic mass is 16.2. The first-order chi connectivity index (χ1) is 17.5. The number of benzene rings is 3. The fraction of sp³-hybridized carbons (Fsp3) is 0.200. The second kappa shape index (κ2) is 10.0. The molecule has 1 aliphatic heterocycles. The Balaban J connectivity index is 1.26. The number of rotatable bonds is 4. The van der Waals surface area contributed by atoms with Crippen LogP contribution in [-0.2, 0) is 0 Å². The summed E-state index contributed by atoms with van der Waals surface area (Å²) in [6.07, 6.45) is 3.32. The largest absolute Gasteiger partial charge is 0.339 e. The number of aryl methyl sites for hydroxylation is 1. The Morgan fingerprint density at radius 3 is 2.47 bits per heavy atom. The molecule has 36 heavy (non-hydrogen) atoms. The van der Waals surface area contributed by atoms with Crippen LogP contribution in [0.3, 0.4) is 0 Å². The number of piperidine rings is 1. The van der Waals surface area contributed by atoms with Crippen LogP contribution >= 0.6 is 0 Å². The zero-order valence-corrected chi connectivity index (χ0v) is 20.1. The molecule has 3 aromatic carbocycles. The Morgan fingerprint density at radius 1 is 0.972 bits per heavy atom. The number of hydrogen-bond donors (Lipinski definition) is 1. The molecule has 2 amide bonds. The Labute approximate surface area is 210 Å². The van der Waals surface area contributed by atoms with E-state index in [1.165, 1.54) is 5.56 Å². The third kappa shape index (κ3) is 4.82. The Kier molecular flexibility index (Phi) is 6.46. The standard InChI is InChI=1S/C30H26N4O2/c1-20-6-9-25(17-28(20)33-29(35)26-16-24-4-2-3-5-27(24)32-19-26)30(36)34-14-12-23(13-15-34)22-10-7-21(18-31)8-11-22/h2-11,16-17,19,23H,12-15H2,1H3,(H,33,35). The van der Waals surface area contributed by atoms with Crippen LogP contribution in [0.2, 0.25) is 0 Å². The van der Waals surface area contributed by atoms with E-state index >= 15 is 0 Å². The summed E-state index contributed by atoms with van der Waals surface area (Å²) in [7, 11) is 0. The normalized spacial score (nSPS) is 13.8. The number of carbonyl (C=O) groups excluding carboxylic acids is 2. The van der Waals surface area contributed by atoms with Gasteiger partial charge in [0.25, 0.3) is 11.8 Å². The van der Waals surface area contributed by atoms with Crippen LogP contribution < -0.4 is 5.32 Å². The van der Waals surface area contributed by atoms with E-state index in [1.54, 1.807) is 12.3 Å². The number of fused-ring (bicyclic) bond motifs is 1. The Bertz CT molecular complexity index is 1480. The summed E-state index contributed by atoms with van der Waals surface area (Å²) in [5, 5.41) is 12.9. The molecule has 1 N–H and O–H groups in total. The minimum Gasteiger partial charge on any atom is -0.339 e. The number of aromatic nitrogens is 1. The minimum absolute atomic E-state index is 0.0313. The fourth-order valence-corrected chi connectivity index (χ4v) is 4.71. The van der Waals surface area contributed by atoms with Gasteiger partial charge in [-0.25, -0.2) is 0 Å². The van der Waals surface area contributed by atoms with E-state index in [9.17, 15) is 9.59 Å². The Hall–Kier alpha value is -4.50. The number of nitriles is 1. The first-order valence-electron chi connectivity index (χ1n) is 12.1. The molecule has 5 rings (SSSR count). The molecule has 0 radical (unpaired) electrons. The second-order valence-electron chi connectivity index (χ2n) is 9.20. The van der Waals surface area contributed by atoms with Gasteiger partial charge in [-0.15, -0.1) is 0 Å². The predicted octanol–water partition coefficient (Wildman–Crippen LogP) is 5.69. The molecule has 178 valence electrons. The molecule has 1 saturated heterocycles. The van der Waals surface area contributed by atoms with E-state index in [0.717, 1.165) is 29.3 Å². The van der Waals surface area contributed by atoms with Crippen LogP contribution in [0.15, 0.2) is 79.0 Å². The van der Waals surface area contributed by atoms with Crippen molar-refractivity contribution < 1.29 is 9.59 Å². The third-order valence-corrected chi connectivity index (χ3v) is 6.88. The van der Waals surface area contributed by atoms with Crippen LogP contribution in [0.1, 0.15) is 56.2 Å². The number of nitrogens with zero attached hydrogens (tertiary/aromatic N) is 3. The van der Waals surface area contributed by atoms with Crippen molar-refractivity contribution in [1.29, 1.82) is 5.26 Å². The zero-order chi connectivity index (χ0) is 25.1. The van der Waals surface area contributed by atoms with E-state index in [2.05, 4.69) is 16.4 Å². The lowest BCUT2D eigenvalue weighted by molar-refractivity contribution is 0.0712. The molecule has 1 aromatic heterocycles. The highest BCUT2D eigenvalue weighted by Crippen LogP contribution is 2.29. The van der Waals surface area contributed by atoms with Gasteiger partial charge in [0.1, 0.15) is 0 Å². The predicted molar refractivity (Wildman–Crippen MR) is 140 cm³/mol. The van der Waals surface area contributed by atoms with Crippen LogP contribution in [0.4, 0.5) is 5.69 Å². The number of likely N-dealkylation sites (tertiary alicyclic amines) is 1. The highest BCUT2D eigenvalue weighted by Gasteiger charge is 2.25. The first kappa shape index (κ1) is 23.3. The van der Waals surface area contributed by atoms with E-state index in [-0.39, 0.29) is 11.8 Å². The van der Waals surface area contributed by atoms with Crippen molar-refractivity contribution in [3.05, 3.63) is 107 Å². The summed E-state index contributed by atoms with van der Waals surface area (Å²) in [5.41, 5.74) is 5.23. The van der Waals surface area contributed by atoms with Crippen molar-refractivity contribution in [3.63, 3.8) is 0 Å². The molecule has 0 saturated carbocycles. The van der Waals surface area contributed by atoms with Gasteiger partial charge in [-0.1, -0.05) is 36.4 Å². The SMILES string of the molecule is Cc1ccc(C(=O)N2CCC(c3ccc(C#N)cc3)CC2)cc1NC(=O)c1cnc2ccccc2c1. The van der Waals surface area contributed by atoms with Gasteiger partial charge in [0, 0.05) is 35.9 Å². The van der Waals surface area contributed by atoms with E-state index < -0.39 is 0 Å². The summed E-state index contributed by atoms with van der Waals surface area (Å²) >= 11 is 0. The van der Waals surface area contributed by atoms with E-state index in [4.69, 9.17) is 5.26 Å². The smallest absolute Gasteiger partial charge is 0.257 e. The molecule has 1 aliphatic rings. The molecular formula is C30H26N4O2.